The van der Waals surface area contributed by atoms with Gasteiger partial charge < -0.3 is 15.0 Å². The number of hydrogen-bond donors (Lipinski definition) is 1. The van der Waals surface area contributed by atoms with E-state index < -0.39 is 0 Å². The molecule has 1 heterocycles. The topological polar surface area (TPSA) is 53.1 Å². The van der Waals surface area contributed by atoms with Crippen LogP contribution >= 0.6 is 0 Å². The van der Waals surface area contributed by atoms with Gasteiger partial charge in [0.1, 0.15) is 0 Å². The highest BCUT2D eigenvalue weighted by Crippen LogP contribution is 2.34. The van der Waals surface area contributed by atoms with Gasteiger partial charge in [-0.1, -0.05) is 6.92 Å². The molecule has 0 unspecified atom stereocenters. The molecule has 4 heteroatoms. The molecule has 1 aromatic heterocycles. The van der Waals surface area contributed by atoms with Gasteiger partial charge in [-0.3, -0.25) is 0 Å². The van der Waals surface area contributed by atoms with E-state index in [2.05, 4.69) is 16.5 Å². The highest BCUT2D eigenvalue weighted by atomic mass is 16.5. The second-order valence-corrected chi connectivity index (χ2v) is 5.57. The van der Waals surface area contributed by atoms with E-state index in [9.17, 15) is 0 Å². The second kappa shape index (κ2) is 6.34. The molecule has 1 aromatic rings. The van der Waals surface area contributed by atoms with E-state index >= 15 is 0 Å². The normalized spacial score (nSPS) is 28.4. The average Bonchev–Trinajstić information content (AvgIpc) is 2.90. The van der Waals surface area contributed by atoms with Gasteiger partial charge in [-0.15, -0.1) is 0 Å². The van der Waals surface area contributed by atoms with Gasteiger partial charge in [0, 0.05) is 32.1 Å². The summed E-state index contributed by atoms with van der Waals surface area (Å²) in [6, 6.07) is 0. The van der Waals surface area contributed by atoms with E-state index in [0.29, 0.717) is 6.54 Å². The maximum Gasteiger partial charge on any atom is 0.0945 e. The predicted molar refractivity (Wildman–Crippen MR) is 72.2 cm³/mol. The van der Waals surface area contributed by atoms with Gasteiger partial charge in [0.25, 0.3) is 0 Å². The molecule has 0 aromatic carbocycles. The first-order valence-electron chi connectivity index (χ1n) is 7.04. The standard InChI is InChI=1S/C14H25N3O/c1-13-3-5-14(11-15,6-4-13)18-10-2-8-17-9-7-16-12-17/h7,9,12-13H,2-6,8,10-11,15H2,1H3. The Hall–Kier alpha value is -0.870. The quantitative estimate of drug-likeness (QED) is 0.789. The molecule has 0 spiro atoms. The molecule has 0 atom stereocenters. The van der Waals surface area contributed by atoms with Crippen LogP contribution in [0.3, 0.4) is 0 Å². The Morgan fingerprint density at radius 3 is 2.83 bits per heavy atom. The van der Waals surface area contributed by atoms with Crippen LogP contribution in [0.4, 0.5) is 0 Å². The Kier molecular flexibility index (Phi) is 4.78. The van der Waals surface area contributed by atoms with Gasteiger partial charge in [-0.25, -0.2) is 4.98 Å². The van der Waals surface area contributed by atoms with Crippen molar-refractivity contribution in [1.82, 2.24) is 9.55 Å². The lowest BCUT2D eigenvalue weighted by Gasteiger charge is -2.38. The second-order valence-electron chi connectivity index (χ2n) is 5.57. The van der Waals surface area contributed by atoms with Crippen molar-refractivity contribution < 1.29 is 4.74 Å². The summed E-state index contributed by atoms with van der Waals surface area (Å²) in [5.41, 5.74) is 5.88. The molecule has 1 saturated carbocycles. The van der Waals surface area contributed by atoms with E-state index in [0.717, 1.165) is 38.3 Å². The largest absolute Gasteiger partial charge is 0.374 e. The smallest absolute Gasteiger partial charge is 0.0945 e. The molecule has 0 aliphatic heterocycles. The Morgan fingerprint density at radius 2 is 2.22 bits per heavy atom. The number of hydrogen-bond acceptors (Lipinski definition) is 3. The minimum Gasteiger partial charge on any atom is -0.374 e. The van der Waals surface area contributed by atoms with Gasteiger partial charge >= 0.3 is 0 Å². The molecular formula is C14H25N3O. The van der Waals surface area contributed by atoms with E-state index in [1.165, 1.54) is 12.8 Å². The third-order valence-electron chi connectivity index (χ3n) is 4.09. The van der Waals surface area contributed by atoms with Gasteiger partial charge in [0.2, 0.25) is 0 Å². The average molecular weight is 251 g/mol. The lowest BCUT2D eigenvalue weighted by molar-refractivity contribution is -0.0715. The van der Waals surface area contributed by atoms with Crippen LogP contribution < -0.4 is 5.73 Å². The zero-order valence-electron chi connectivity index (χ0n) is 11.3. The van der Waals surface area contributed by atoms with E-state index in [-0.39, 0.29) is 5.60 Å². The Morgan fingerprint density at radius 1 is 1.44 bits per heavy atom. The van der Waals surface area contributed by atoms with Crippen LogP contribution in [0.1, 0.15) is 39.0 Å². The van der Waals surface area contributed by atoms with Crippen LogP contribution in [-0.2, 0) is 11.3 Å². The molecule has 4 nitrogen and oxygen atoms in total. The van der Waals surface area contributed by atoms with Crippen LogP contribution in [0, 0.1) is 5.92 Å². The summed E-state index contributed by atoms with van der Waals surface area (Å²) < 4.78 is 8.19. The summed E-state index contributed by atoms with van der Waals surface area (Å²) in [6.45, 7) is 4.74. The van der Waals surface area contributed by atoms with Crippen molar-refractivity contribution in [1.29, 1.82) is 0 Å². The van der Waals surface area contributed by atoms with E-state index in [4.69, 9.17) is 10.5 Å². The monoisotopic (exact) mass is 251 g/mol. The Bertz CT molecular complexity index is 329. The molecule has 2 rings (SSSR count). The minimum atomic E-state index is -0.0402. The molecular weight excluding hydrogens is 226 g/mol. The summed E-state index contributed by atoms with van der Waals surface area (Å²) in [6.07, 6.45) is 11.4. The first-order chi connectivity index (χ1) is 8.74. The highest BCUT2D eigenvalue weighted by molar-refractivity contribution is 4.87. The van der Waals surface area contributed by atoms with E-state index in [1.54, 1.807) is 0 Å². The van der Waals surface area contributed by atoms with Crippen molar-refractivity contribution in [2.75, 3.05) is 13.2 Å². The third kappa shape index (κ3) is 3.56. The lowest BCUT2D eigenvalue weighted by Crippen LogP contribution is -2.44. The molecule has 0 bridgehead atoms. The summed E-state index contributed by atoms with van der Waals surface area (Å²) in [7, 11) is 0. The zero-order valence-corrected chi connectivity index (χ0v) is 11.3. The van der Waals surface area contributed by atoms with Crippen molar-refractivity contribution in [2.45, 2.75) is 51.2 Å². The molecule has 1 aliphatic carbocycles. The maximum atomic E-state index is 6.11. The third-order valence-corrected chi connectivity index (χ3v) is 4.09. The number of aromatic nitrogens is 2. The minimum absolute atomic E-state index is 0.0402. The molecule has 18 heavy (non-hydrogen) atoms. The number of nitrogens with zero attached hydrogens (tertiary/aromatic N) is 2. The van der Waals surface area contributed by atoms with E-state index in [1.807, 2.05) is 18.7 Å². The molecule has 1 fully saturated rings. The fourth-order valence-corrected chi connectivity index (χ4v) is 2.65. The fourth-order valence-electron chi connectivity index (χ4n) is 2.65. The van der Waals surface area contributed by atoms with Crippen LogP contribution in [0.5, 0.6) is 0 Å². The van der Waals surface area contributed by atoms with Crippen LogP contribution in [0.25, 0.3) is 0 Å². The summed E-state index contributed by atoms with van der Waals surface area (Å²) in [5, 5.41) is 0. The maximum absolute atomic E-state index is 6.11. The van der Waals surface area contributed by atoms with Crippen molar-refractivity contribution in [3.63, 3.8) is 0 Å². The predicted octanol–water partition coefficient (Wildman–Crippen LogP) is 2.20. The van der Waals surface area contributed by atoms with Crippen LogP contribution in [0.15, 0.2) is 18.7 Å². The summed E-state index contributed by atoms with van der Waals surface area (Å²) in [4.78, 5) is 4.03. The zero-order chi connectivity index (χ0) is 12.8. The molecule has 0 saturated heterocycles. The van der Waals surface area contributed by atoms with Crippen molar-refractivity contribution in [2.24, 2.45) is 11.7 Å². The first kappa shape index (κ1) is 13.6. The summed E-state index contributed by atoms with van der Waals surface area (Å²) >= 11 is 0. The number of nitrogens with two attached hydrogens (primary N) is 1. The lowest BCUT2D eigenvalue weighted by atomic mass is 9.79. The Labute approximate surface area is 110 Å². The molecule has 1 aliphatic rings. The highest BCUT2D eigenvalue weighted by Gasteiger charge is 2.33. The number of ether oxygens (including phenoxy) is 1. The van der Waals surface area contributed by atoms with Gasteiger partial charge in [-0.2, -0.15) is 0 Å². The Balaban J connectivity index is 1.70. The van der Waals surface area contributed by atoms with Crippen molar-refractivity contribution >= 4 is 0 Å². The number of rotatable bonds is 6. The molecule has 2 N–H and O–H groups in total. The van der Waals surface area contributed by atoms with Gasteiger partial charge in [0.05, 0.1) is 11.9 Å². The fraction of sp³-hybridized carbons (Fsp3) is 0.786. The number of imidazole rings is 1. The van der Waals surface area contributed by atoms with Gasteiger partial charge in [0.15, 0.2) is 0 Å². The number of aryl methyl sites for hydroxylation is 1. The molecule has 0 amide bonds. The SMILES string of the molecule is CC1CCC(CN)(OCCCn2ccnc2)CC1. The summed E-state index contributed by atoms with van der Waals surface area (Å²) in [5.74, 6) is 0.833. The van der Waals surface area contributed by atoms with Crippen LogP contribution in [0.2, 0.25) is 0 Å². The molecule has 0 radical (unpaired) electrons. The van der Waals surface area contributed by atoms with Crippen LogP contribution in [-0.4, -0.2) is 28.3 Å². The van der Waals surface area contributed by atoms with Gasteiger partial charge in [-0.05, 0) is 38.0 Å². The van der Waals surface area contributed by atoms with Crippen molar-refractivity contribution in [3.05, 3.63) is 18.7 Å². The molecule has 102 valence electrons. The first-order valence-corrected chi connectivity index (χ1v) is 7.04. The van der Waals surface area contributed by atoms with Crippen molar-refractivity contribution in [3.8, 4) is 0 Å².